The summed E-state index contributed by atoms with van der Waals surface area (Å²) in [6.45, 7) is 2.51. The van der Waals surface area contributed by atoms with Gasteiger partial charge in [0.05, 0.1) is 23.0 Å². The fourth-order valence-electron chi connectivity index (χ4n) is 2.07. The molecule has 7 heteroatoms. The summed E-state index contributed by atoms with van der Waals surface area (Å²) in [6.07, 6.45) is 2.32. The predicted molar refractivity (Wildman–Crippen MR) is 85.7 cm³/mol. The molecular formula is C15H13N3O3S. The number of carboxylic acid groups (broad SMARTS) is 1. The van der Waals surface area contributed by atoms with Gasteiger partial charge in [-0.25, -0.2) is 9.78 Å². The van der Waals surface area contributed by atoms with Crippen LogP contribution in [0, 0.1) is 0 Å². The van der Waals surface area contributed by atoms with Gasteiger partial charge in [-0.05, 0) is 30.7 Å². The van der Waals surface area contributed by atoms with E-state index in [4.69, 9.17) is 9.84 Å². The number of thiazole rings is 1. The number of rotatable bonds is 4. The van der Waals surface area contributed by atoms with Crippen LogP contribution < -0.4 is 10.1 Å². The molecule has 2 aromatic heterocycles. The standard InChI is InChI=1S/C15H13N3O3S/c1-2-21-11-5-10(7-16-8-11)9-3-4-12-13(6-9)22-14(17-12)18-15(19)20/h3-8H,2H2,1H3,(H,17,18)(H,19,20). The molecule has 0 radical (unpaired) electrons. The number of hydrogen-bond acceptors (Lipinski definition) is 5. The Kier molecular flexibility index (Phi) is 3.88. The second-order valence-electron chi connectivity index (χ2n) is 4.47. The minimum atomic E-state index is -1.12. The zero-order chi connectivity index (χ0) is 15.5. The molecule has 22 heavy (non-hydrogen) atoms. The van der Waals surface area contributed by atoms with Crippen molar-refractivity contribution < 1.29 is 14.6 Å². The van der Waals surface area contributed by atoms with Gasteiger partial charge >= 0.3 is 6.09 Å². The first kappa shape index (κ1) is 14.3. The van der Waals surface area contributed by atoms with Gasteiger partial charge < -0.3 is 9.84 Å². The van der Waals surface area contributed by atoms with Gasteiger partial charge in [0.1, 0.15) is 5.75 Å². The largest absolute Gasteiger partial charge is 0.492 e. The number of hydrogen-bond donors (Lipinski definition) is 2. The van der Waals surface area contributed by atoms with Gasteiger partial charge in [-0.2, -0.15) is 0 Å². The summed E-state index contributed by atoms with van der Waals surface area (Å²) in [7, 11) is 0. The Labute approximate surface area is 130 Å². The van der Waals surface area contributed by atoms with E-state index in [9.17, 15) is 4.79 Å². The fourth-order valence-corrected chi connectivity index (χ4v) is 2.97. The molecule has 0 bridgehead atoms. The molecule has 0 spiro atoms. The van der Waals surface area contributed by atoms with Crippen LogP contribution in [0.2, 0.25) is 0 Å². The Morgan fingerprint density at radius 2 is 2.18 bits per heavy atom. The number of nitrogens with zero attached hydrogens (tertiary/aromatic N) is 2. The third kappa shape index (κ3) is 2.99. The van der Waals surface area contributed by atoms with Crippen LogP contribution in [0.15, 0.2) is 36.7 Å². The molecular weight excluding hydrogens is 302 g/mol. The van der Waals surface area contributed by atoms with E-state index in [1.807, 2.05) is 31.2 Å². The number of carbonyl (C=O) groups is 1. The highest BCUT2D eigenvalue weighted by atomic mass is 32.1. The van der Waals surface area contributed by atoms with Crippen LogP contribution in [0.5, 0.6) is 5.75 Å². The van der Waals surface area contributed by atoms with Gasteiger partial charge in [-0.1, -0.05) is 17.4 Å². The first-order valence-corrected chi connectivity index (χ1v) is 7.46. The number of pyridine rings is 1. The zero-order valence-corrected chi connectivity index (χ0v) is 12.6. The average molecular weight is 315 g/mol. The van der Waals surface area contributed by atoms with Crippen molar-refractivity contribution in [2.75, 3.05) is 11.9 Å². The monoisotopic (exact) mass is 315 g/mol. The van der Waals surface area contributed by atoms with E-state index >= 15 is 0 Å². The molecule has 1 amide bonds. The van der Waals surface area contributed by atoms with Gasteiger partial charge in [0.15, 0.2) is 5.13 Å². The summed E-state index contributed by atoms with van der Waals surface area (Å²) < 4.78 is 6.36. The lowest BCUT2D eigenvalue weighted by Gasteiger charge is -2.05. The first-order chi connectivity index (χ1) is 10.7. The maximum atomic E-state index is 10.7. The van der Waals surface area contributed by atoms with Crippen LogP contribution in [0.4, 0.5) is 9.93 Å². The molecule has 0 saturated heterocycles. The molecule has 0 aliphatic rings. The number of fused-ring (bicyclic) bond motifs is 1. The topological polar surface area (TPSA) is 84.3 Å². The van der Waals surface area contributed by atoms with Crippen molar-refractivity contribution in [3.05, 3.63) is 36.7 Å². The van der Waals surface area contributed by atoms with Gasteiger partial charge in [0.25, 0.3) is 0 Å². The van der Waals surface area contributed by atoms with E-state index in [2.05, 4.69) is 15.3 Å². The summed E-state index contributed by atoms with van der Waals surface area (Å²) in [5.74, 6) is 0.720. The first-order valence-electron chi connectivity index (χ1n) is 6.64. The minimum Gasteiger partial charge on any atom is -0.492 e. The lowest BCUT2D eigenvalue weighted by Crippen LogP contribution is -2.06. The normalized spacial score (nSPS) is 10.6. The van der Waals surface area contributed by atoms with Crippen LogP contribution in [0.3, 0.4) is 0 Å². The smallest absolute Gasteiger partial charge is 0.410 e. The zero-order valence-electron chi connectivity index (χ0n) is 11.7. The van der Waals surface area contributed by atoms with Crippen molar-refractivity contribution in [3.63, 3.8) is 0 Å². The molecule has 2 N–H and O–H groups in total. The van der Waals surface area contributed by atoms with E-state index in [-0.39, 0.29) is 0 Å². The number of nitrogens with one attached hydrogen (secondary N) is 1. The lowest BCUT2D eigenvalue weighted by molar-refractivity contribution is 0.209. The molecule has 0 aliphatic carbocycles. The number of benzene rings is 1. The van der Waals surface area contributed by atoms with Crippen molar-refractivity contribution in [1.82, 2.24) is 9.97 Å². The highest BCUT2D eigenvalue weighted by Crippen LogP contribution is 2.31. The third-order valence-electron chi connectivity index (χ3n) is 2.96. The molecule has 0 unspecified atom stereocenters. The second-order valence-corrected chi connectivity index (χ2v) is 5.50. The van der Waals surface area contributed by atoms with E-state index in [1.165, 1.54) is 11.3 Å². The van der Waals surface area contributed by atoms with Gasteiger partial charge in [-0.3, -0.25) is 10.3 Å². The maximum absolute atomic E-state index is 10.7. The summed E-state index contributed by atoms with van der Waals surface area (Å²) in [6, 6.07) is 7.68. The van der Waals surface area contributed by atoms with E-state index < -0.39 is 6.09 Å². The van der Waals surface area contributed by atoms with Gasteiger partial charge in [-0.15, -0.1) is 0 Å². The highest BCUT2D eigenvalue weighted by molar-refractivity contribution is 7.22. The van der Waals surface area contributed by atoms with Crippen molar-refractivity contribution in [3.8, 4) is 16.9 Å². The number of amides is 1. The van der Waals surface area contributed by atoms with Crippen molar-refractivity contribution in [2.24, 2.45) is 0 Å². The average Bonchev–Trinajstić information content (AvgIpc) is 2.88. The van der Waals surface area contributed by atoms with Gasteiger partial charge in [0.2, 0.25) is 0 Å². The van der Waals surface area contributed by atoms with E-state index in [0.717, 1.165) is 27.1 Å². The van der Waals surface area contributed by atoms with Gasteiger partial charge in [0, 0.05) is 11.8 Å². The Morgan fingerprint density at radius 3 is 2.95 bits per heavy atom. The van der Waals surface area contributed by atoms with Crippen LogP contribution in [0.1, 0.15) is 6.92 Å². The Balaban J connectivity index is 1.97. The fraction of sp³-hybridized carbons (Fsp3) is 0.133. The van der Waals surface area contributed by atoms with E-state index in [1.54, 1.807) is 12.4 Å². The SMILES string of the molecule is CCOc1cncc(-c2ccc3nc(NC(=O)O)sc3c2)c1. The number of ether oxygens (including phenoxy) is 1. The Morgan fingerprint density at radius 1 is 1.32 bits per heavy atom. The molecule has 2 heterocycles. The molecule has 0 aliphatic heterocycles. The molecule has 3 rings (SSSR count). The minimum absolute atomic E-state index is 0.362. The summed E-state index contributed by atoms with van der Waals surface area (Å²) >= 11 is 1.29. The summed E-state index contributed by atoms with van der Waals surface area (Å²) in [5, 5.41) is 11.4. The highest BCUT2D eigenvalue weighted by Gasteiger charge is 2.08. The Bertz CT molecular complexity index is 832. The predicted octanol–water partition coefficient (Wildman–Crippen LogP) is 3.85. The van der Waals surface area contributed by atoms with E-state index in [0.29, 0.717) is 11.7 Å². The van der Waals surface area contributed by atoms with Crippen LogP contribution in [0.25, 0.3) is 21.3 Å². The molecule has 0 fully saturated rings. The molecule has 112 valence electrons. The van der Waals surface area contributed by atoms with Crippen LogP contribution >= 0.6 is 11.3 Å². The molecule has 0 atom stereocenters. The van der Waals surface area contributed by atoms with Crippen molar-refractivity contribution in [1.29, 1.82) is 0 Å². The quantitative estimate of drug-likeness (QED) is 0.764. The molecule has 0 saturated carbocycles. The summed E-state index contributed by atoms with van der Waals surface area (Å²) in [5.41, 5.74) is 2.67. The van der Waals surface area contributed by atoms with Crippen LogP contribution in [-0.4, -0.2) is 27.8 Å². The third-order valence-corrected chi connectivity index (χ3v) is 3.89. The summed E-state index contributed by atoms with van der Waals surface area (Å²) in [4.78, 5) is 19.1. The number of aromatic nitrogens is 2. The van der Waals surface area contributed by atoms with Crippen LogP contribution in [-0.2, 0) is 0 Å². The van der Waals surface area contributed by atoms with Crippen molar-refractivity contribution in [2.45, 2.75) is 6.92 Å². The molecule has 6 nitrogen and oxygen atoms in total. The van der Waals surface area contributed by atoms with Crippen molar-refractivity contribution >= 4 is 32.8 Å². The second kappa shape index (κ2) is 5.98. The lowest BCUT2D eigenvalue weighted by atomic mass is 10.1. The maximum Gasteiger partial charge on any atom is 0.410 e. The Hall–Kier alpha value is -2.67. The molecule has 3 aromatic rings. The molecule has 1 aromatic carbocycles. The number of anilines is 1.